The lowest BCUT2D eigenvalue weighted by molar-refractivity contribution is 0.0167. The van der Waals surface area contributed by atoms with E-state index in [9.17, 15) is 9.18 Å². The molecule has 1 saturated heterocycles. The second-order valence-corrected chi connectivity index (χ2v) is 6.49. The molecule has 1 fully saturated rings. The van der Waals surface area contributed by atoms with Gasteiger partial charge in [-0.2, -0.15) is 0 Å². The first kappa shape index (κ1) is 18.6. The van der Waals surface area contributed by atoms with Crippen molar-refractivity contribution in [2.24, 2.45) is 0 Å². The number of benzene rings is 2. The van der Waals surface area contributed by atoms with Crippen molar-refractivity contribution in [1.29, 1.82) is 0 Å². The largest absolute Gasteiger partial charge is 0.379 e. The van der Waals surface area contributed by atoms with Gasteiger partial charge in [0.2, 0.25) is 0 Å². The lowest BCUT2D eigenvalue weighted by Crippen LogP contribution is -2.44. The number of hydrogen-bond donors (Lipinski definition) is 2. The van der Waals surface area contributed by atoms with Gasteiger partial charge in [-0.25, -0.2) is 9.18 Å². The van der Waals surface area contributed by atoms with Gasteiger partial charge in [-0.15, -0.1) is 0 Å². The Hall–Kier alpha value is -2.15. The molecule has 2 amide bonds. The first-order valence-corrected chi connectivity index (χ1v) is 8.87. The molecule has 1 aliphatic heterocycles. The normalized spacial score (nSPS) is 16.1. The quantitative estimate of drug-likeness (QED) is 0.835. The molecule has 5 nitrogen and oxygen atoms in total. The van der Waals surface area contributed by atoms with Crippen molar-refractivity contribution < 1.29 is 13.9 Å². The average Bonchev–Trinajstić information content (AvgIpc) is 2.66. The molecule has 1 atom stereocenters. The van der Waals surface area contributed by atoms with Gasteiger partial charge in [-0.05, 0) is 42.0 Å². The Morgan fingerprint density at radius 3 is 2.42 bits per heavy atom. The fourth-order valence-electron chi connectivity index (χ4n) is 2.93. The standard InChI is InChI=1S/C19H21ClFN3O2/c20-15-3-7-17(8-4-15)23-19(25)22-13-18(24-9-11-26-12-10-24)14-1-5-16(21)6-2-14/h1-8,18H,9-13H2,(H2,22,23,25)/t18-/m1/s1. The van der Waals surface area contributed by atoms with Crippen molar-refractivity contribution in [2.45, 2.75) is 6.04 Å². The Bertz CT molecular complexity index is 719. The van der Waals surface area contributed by atoms with Crippen molar-refractivity contribution in [2.75, 3.05) is 38.2 Å². The third kappa shape index (κ3) is 5.17. The lowest BCUT2D eigenvalue weighted by atomic mass is 10.0. The van der Waals surface area contributed by atoms with E-state index in [1.54, 1.807) is 36.4 Å². The third-order valence-electron chi connectivity index (χ3n) is 4.30. The van der Waals surface area contributed by atoms with Crippen LogP contribution in [0.2, 0.25) is 5.02 Å². The Labute approximate surface area is 157 Å². The summed E-state index contributed by atoms with van der Waals surface area (Å²) in [4.78, 5) is 14.4. The van der Waals surface area contributed by atoms with Crippen LogP contribution in [0.15, 0.2) is 48.5 Å². The van der Waals surface area contributed by atoms with Crippen LogP contribution in [0, 0.1) is 5.82 Å². The van der Waals surface area contributed by atoms with Gasteiger partial charge in [-0.3, -0.25) is 4.90 Å². The summed E-state index contributed by atoms with van der Waals surface area (Å²) < 4.78 is 18.7. The maximum absolute atomic E-state index is 13.3. The first-order valence-electron chi connectivity index (χ1n) is 8.49. The van der Waals surface area contributed by atoms with Crippen molar-refractivity contribution in [3.8, 4) is 0 Å². The number of rotatable bonds is 5. The van der Waals surface area contributed by atoms with Crippen LogP contribution in [-0.4, -0.2) is 43.8 Å². The molecule has 0 aromatic heterocycles. The van der Waals surface area contributed by atoms with Gasteiger partial charge in [-0.1, -0.05) is 23.7 Å². The first-order chi connectivity index (χ1) is 12.6. The van der Waals surface area contributed by atoms with Crippen LogP contribution in [0.1, 0.15) is 11.6 Å². The number of amides is 2. The number of nitrogens with one attached hydrogen (secondary N) is 2. The monoisotopic (exact) mass is 377 g/mol. The SMILES string of the molecule is O=C(NC[C@H](c1ccc(F)cc1)N1CCOCC1)Nc1ccc(Cl)cc1. The van der Waals surface area contributed by atoms with E-state index in [2.05, 4.69) is 15.5 Å². The highest BCUT2D eigenvalue weighted by atomic mass is 35.5. The summed E-state index contributed by atoms with van der Waals surface area (Å²) in [6, 6.07) is 13.0. The Morgan fingerprint density at radius 2 is 1.77 bits per heavy atom. The van der Waals surface area contributed by atoms with Crippen LogP contribution in [0.25, 0.3) is 0 Å². The molecule has 138 valence electrons. The zero-order chi connectivity index (χ0) is 18.4. The van der Waals surface area contributed by atoms with Crippen molar-refractivity contribution in [3.05, 3.63) is 64.9 Å². The topological polar surface area (TPSA) is 53.6 Å². The summed E-state index contributed by atoms with van der Waals surface area (Å²) in [5, 5.41) is 6.28. The van der Waals surface area contributed by atoms with Gasteiger partial charge < -0.3 is 15.4 Å². The number of nitrogens with zero attached hydrogens (tertiary/aromatic N) is 1. The average molecular weight is 378 g/mol. The molecular formula is C19H21ClFN3O2. The van der Waals surface area contributed by atoms with Crippen molar-refractivity contribution in [1.82, 2.24) is 10.2 Å². The van der Waals surface area contributed by atoms with E-state index in [0.29, 0.717) is 30.5 Å². The Balaban J connectivity index is 1.64. The Kier molecular flexibility index (Phi) is 6.44. The summed E-state index contributed by atoms with van der Waals surface area (Å²) >= 11 is 5.85. The van der Waals surface area contributed by atoms with E-state index in [1.807, 2.05) is 0 Å². The minimum atomic E-state index is -0.298. The van der Waals surface area contributed by atoms with Crippen LogP contribution in [0.3, 0.4) is 0 Å². The van der Waals surface area contributed by atoms with Crippen LogP contribution in [0.4, 0.5) is 14.9 Å². The summed E-state index contributed by atoms with van der Waals surface area (Å²) in [5.74, 6) is -0.275. The van der Waals surface area contributed by atoms with Crippen molar-refractivity contribution in [3.63, 3.8) is 0 Å². The Morgan fingerprint density at radius 1 is 1.12 bits per heavy atom. The number of carbonyl (C=O) groups is 1. The summed E-state index contributed by atoms with van der Waals surface area (Å²) in [6.45, 7) is 3.24. The van der Waals surface area contributed by atoms with E-state index >= 15 is 0 Å². The third-order valence-corrected chi connectivity index (χ3v) is 4.55. The molecule has 26 heavy (non-hydrogen) atoms. The van der Waals surface area contributed by atoms with Crippen molar-refractivity contribution >= 4 is 23.3 Å². The summed E-state index contributed by atoms with van der Waals surface area (Å²) in [5.41, 5.74) is 1.62. The summed E-state index contributed by atoms with van der Waals surface area (Å²) in [6.07, 6.45) is 0. The smallest absolute Gasteiger partial charge is 0.319 e. The molecule has 1 heterocycles. The van der Waals surface area contributed by atoms with E-state index in [4.69, 9.17) is 16.3 Å². The number of morpholine rings is 1. The molecule has 0 bridgehead atoms. The highest BCUT2D eigenvalue weighted by molar-refractivity contribution is 6.30. The molecule has 0 spiro atoms. The van der Waals surface area contributed by atoms with E-state index < -0.39 is 0 Å². The maximum Gasteiger partial charge on any atom is 0.319 e. The second-order valence-electron chi connectivity index (χ2n) is 6.06. The molecule has 3 rings (SSSR count). The number of hydrogen-bond acceptors (Lipinski definition) is 3. The number of anilines is 1. The molecule has 2 aromatic rings. The molecule has 2 N–H and O–H groups in total. The van der Waals surface area contributed by atoms with Crippen LogP contribution >= 0.6 is 11.6 Å². The molecule has 1 aliphatic rings. The minimum absolute atomic E-state index is 0.0459. The summed E-state index contributed by atoms with van der Waals surface area (Å²) in [7, 11) is 0. The zero-order valence-corrected chi connectivity index (χ0v) is 15.0. The number of carbonyl (C=O) groups excluding carboxylic acids is 1. The predicted octanol–water partition coefficient (Wildman–Crippen LogP) is 3.67. The molecule has 7 heteroatoms. The molecule has 2 aromatic carbocycles. The molecule has 0 radical (unpaired) electrons. The predicted molar refractivity (Wildman–Crippen MR) is 100 cm³/mol. The van der Waals surface area contributed by atoms with E-state index in [1.165, 1.54) is 12.1 Å². The van der Waals surface area contributed by atoms with Gasteiger partial charge in [0.1, 0.15) is 5.82 Å². The van der Waals surface area contributed by atoms with Gasteiger partial charge in [0.25, 0.3) is 0 Å². The van der Waals surface area contributed by atoms with Crippen LogP contribution in [0.5, 0.6) is 0 Å². The fraction of sp³-hybridized carbons (Fsp3) is 0.316. The second kappa shape index (κ2) is 8.98. The highest BCUT2D eigenvalue weighted by Crippen LogP contribution is 2.22. The van der Waals surface area contributed by atoms with Gasteiger partial charge >= 0.3 is 6.03 Å². The van der Waals surface area contributed by atoms with Gasteiger partial charge in [0.15, 0.2) is 0 Å². The minimum Gasteiger partial charge on any atom is -0.379 e. The number of ether oxygens (including phenoxy) is 1. The maximum atomic E-state index is 13.3. The number of urea groups is 1. The molecular weight excluding hydrogens is 357 g/mol. The highest BCUT2D eigenvalue weighted by Gasteiger charge is 2.23. The van der Waals surface area contributed by atoms with Gasteiger partial charge in [0.05, 0.1) is 19.3 Å². The molecule has 0 saturated carbocycles. The van der Waals surface area contributed by atoms with E-state index in [0.717, 1.165) is 18.7 Å². The fourth-order valence-corrected chi connectivity index (χ4v) is 3.06. The van der Waals surface area contributed by atoms with Crippen LogP contribution < -0.4 is 10.6 Å². The lowest BCUT2D eigenvalue weighted by Gasteiger charge is -2.34. The zero-order valence-electron chi connectivity index (χ0n) is 14.3. The van der Waals surface area contributed by atoms with Gasteiger partial charge in [0, 0.05) is 30.3 Å². The van der Waals surface area contributed by atoms with Crippen LogP contribution in [-0.2, 0) is 4.74 Å². The molecule has 0 unspecified atom stereocenters. The number of halogens is 2. The molecule has 0 aliphatic carbocycles. The van der Waals surface area contributed by atoms with E-state index in [-0.39, 0.29) is 17.9 Å².